The van der Waals surface area contributed by atoms with Gasteiger partial charge >= 0.3 is 5.69 Å². The van der Waals surface area contributed by atoms with E-state index < -0.39 is 4.92 Å². The minimum Gasteiger partial charge on any atom is -0.502 e. The van der Waals surface area contributed by atoms with E-state index in [1.165, 1.54) is 18.2 Å². The lowest BCUT2D eigenvalue weighted by Crippen LogP contribution is -1.91. The molecular weight excluding hydrogens is 146 g/mol. The molecule has 11 heavy (non-hydrogen) atoms. The number of hydrogen-bond donors (Lipinski definition) is 1. The van der Waals surface area contributed by atoms with Crippen LogP contribution in [0.5, 0.6) is 5.75 Å². The molecule has 1 N–H and O–H groups in total. The van der Waals surface area contributed by atoms with E-state index in [1.54, 1.807) is 0 Å². The van der Waals surface area contributed by atoms with Gasteiger partial charge in [-0.05, 0) is 13.0 Å². The highest BCUT2D eigenvalue weighted by molar-refractivity contribution is 5.50. The number of aryl methyl sites for hydroxylation is 1. The molecule has 0 unspecified atom stereocenters. The van der Waals surface area contributed by atoms with Crippen molar-refractivity contribution in [2.24, 2.45) is 0 Å². The third kappa shape index (κ3) is 1.29. The Labute approximate surface area is 64.6 Å². The van der Waals surface area contributed by atoms with Crippen LogP contribution in [0.15, 0.2) is 18.2 Å². The van der Waals surface area contributed by atoms with Crippen molar-refractivity contribution in [1.29, 1.82) is 0 Å². The maximum absolute atomic E-state index is 10.4. The number of phenols is 1. The molecule has 0 fully saturated rings. The number of rotatable bonds is 1. The smallest absolute Gasteiger partial charge is 0.313 e. The third-order valence-electron chi connectivity index (χ3n) is 1.28. The first kappa shape index (κ1) is 6.15. The van der Waals surface area contributed by atoms with Crippen molar-refractivity contribution in [2.45, 2.75) is 6.90 Å². The number of nitro benzene ring substituents is 1. The van der Waals surface area contributed by atoms with Gasteiger partial charge in [-0.3, -0.25) is 10.1 Å². The molecule has 1 aromatic rings. The average Bonchev–Trinajstić information content (AvgIpc) is 2.03. The highest BCUT2D eigenvalue weighted by Gasteiger charge is 2.14. The van der Waals surface area contributed by atoms with E-state index in [9.17, 15) is 10.1 Å². The molecule has 58 valence electrons. The Balaban J connectivity index is 3.29. The summed E-state index contributed by atoms with van der Waals surface area (Å²) in [4.78, 5) is 9.68. The maximum atomic E-state index is 10.4. The monoisotopic (exact) mass is 154 g/mol. The molecule has 0 atom stereocenters. The number of nitro groups is 1. The van der Waals surface area contributed by atoms with Gasteiger partial charge in [0.05, 0.1) is 4.92 Å². The molecule has 0 radical (unpaired) electrons. The molecule has 4 heteroatoms. The van der Waals surface area contributed by atoms with Crippen LogP contribution in [0.3, 0.4) is 0 Å². The summed E-state index contributed by atoms with van der Waals surface area (Å²) < 4.78 is 6.96. The van der Waals surface area contributed by atoms with E-state index >= 15 is 0 Å². The van der Waals surface area contributed by atoms with Gasteiger partial charge < -0.3 is 5.11 Å². The van der Waals surface area contributed by atoms with Crippen molar-refractivity contribution in [3.8, 4) is 5.75 Å². The van der Waals surface area contributed by atoms with Crippen LogP contribution < -0.4 is 0 Å². The van der Waals surface area contributed by atoms with Crippen molar-refractivity contribution >= 4 is 5.69 Å². The summed E-state index contributed by atoms with van der Waals surface area (Å²) in [5.41, 5.74) is -0.146. The van der Waals surface area contributed by atoms with Crippen molar-refractivity contribution in [2.75, 3.05) is 0 Å². The molecule has 4 nitrogen and oxygen atoms in total. The predicted octanol–water partition coefficient (Wildman–Crippen LogP) is 1.61. The van der Waals surface area contributed by atoms with Gasteiger partial charge in [-0.25, -0.2) is 0 Å². The topological polar surface area (TPSA) is 63.4 Å². The Morgan fingerprint density at radius 3 is 2.91 bits per heavy atom. The quantitative estimate of drug-likeness (QED) is 0.493. The molecule has 0 heterocycles. The number of para-hydroxylation sites is 1. The molecule has 1 rings (SSSR count). The van der Waals surface area contributed by atoms with Gasteiger partial charge in [0.25, 0.3) is 0 Å². The molecule has 0 saturated carbocycles. The highest BCUT2D eigenvalue weighted by atomic mass is 16.6. The zero-order valence-electron chi connectivity index (χ0n) is 6.65. The minimum atomic E-state index is -0.681. The minimum absolute atomic E-state index is 0.204. The number of nitrogens with zero attached hydrogens (tertiary/aromatic N) is 1. The van der Waals surface area contributed by atoms with E-state index in [2.05, 4.69) is 0 Å². The molecule has 0 bridgehead atoms. The van der Waals surface area contributed by atoms with Gasteiger partial charge in [0.1, 0.15) is 0 Å². The number of aromatic hydroxyl groups is 1. The van der Waals surface area contributed by atoms with Gasteiger partial charge in [0, 0.05) is 6.93 Å². The zero-order valence-corrected chi connectivity index (χ0v) is 5.65. The van der Waals surface area contributed by atoms with Crippen LogP contribution in [-0.4, -0.2) is 10.0 Å². The second-order valence-electron chi connectivity index (χ2n) is 2.04. The summed E-state index contributed by atoms with van der Waals surface area (Å²) in [6, 6.07) is 4.16. The average molecular weight is 154 g/mol. The van der Waals surface area contributed by atoms with Crippen molar-refractivity contribution < 1.29 is 11.4 Å². The van der Waals surface area contributed by atoms with Gasteiger partial charge in [0.15, 0.2) is 5.75 Å². The molecule has 0 aliphatic heterocycles. The SMILES string of the molecule is [2H]Cc1cccc(O)c1[N+](=O)[O-]. The molecule has 0 aliphatic carbocycles. The summed E-state index contributed by atoms with van der Waals surface area (Å²) in [5, 5.41) is 19.4. The van der Waals surface area contributed by atoms with Crippen molar-refractivity contribution in [3.63, 3.8) is 0 Å². The van der Waals surface area contributed by atoms with Crippen molar-refractivity contribution in [1.82, 2.24) is 0 Å². The van der Waals surface area contributed by atoms with Gasteiger partial charge in [-0.2, -0.15) is 0 Å². The molecule has 0 saturated heterocycles. The Morgan fingerprint density at radius 1 is 1.73 bits per heavy atom. The lowest BCUT2D eigenvalue weighted by molar-refractivity contribution is -0.386. The van der Waals surface area contributed by atoms with Gasteiger partial charge in [-0.1, -0.05) is 12.1 Å². The normalized spacial score (nSPS) is 10.7. The van der Waals surface area contributed by atoms with Crippen LogP contribution in [0.1, 0.15) is 6.93 Å². The summed E-state index contributed by atoms with van der Waals surface area (Å²) in [6.45, 7) is -0.204. The molecular formula is C7H7NO3. The molecule has 0 aliphatic rings. The van der Waals surface area contributed by atoms with Gasteiger partial charge in [0.2, 0.25) is 0 Å². The second-order valence-corrected chi connectivity index (χ2v) is 2.04. The van der Waals surface area contributed by atoms with Gasteiger partial charge in [-0.15, -0.1) is 0 Å². The molecule has 0 spiro atoms. The van der Waals surface area contributed by atoms with Crippen molar-refractivity contribution in [3.05, 3.63) is 33.9 Å². The third-order valence-corrected chi connectivity index (χ3v) is 1.28. The fourth-order valence-corrected chi connectivity index (χ4v) is 0.789. The number of benzene rings is 1. The van der Waals surface area contributed by atoms with E-state index in [0.717, 1.165) is 0 Å². The standard InChI is InChI=1S/C7H7NO3/c1-5-3-2-4-6(9)7(5)8(10)11/h2-4,9H,1H3/i1D. The fraction of sp³-hybridized carbons (Fsp3) is 0.143. The van der Waals surface area contributed by atoms with Crippen LogP contribution in [0.2, 0.25) is 0 Å². The highest BCUT2D eigenvalue weighted by Crippen LogP contribution is 2.28. The van der Waals surface area contributed by atoms with Crippen LogP contribution >= 0.6 is 0 Å². The first-order valence-electron chi connectivity index (χ1n) is 3.62. The van der Waals surface area contributed by atoms with Crippen LogP contribution in [-0.2, 0) is 0 Å². The first-order valence-corrected chi connectivity index (χ1v) is 2.91. The Morgan fingerprint density at radius 2 is 2.45 bits per heavy atom. The van der Waals surface area contributed by atoms with Crippen LogP contribution in [0, 0.1) is 17.0 Å². The Bertz CT molecular complexity index is 314. The summed E-state index contributed by atoms with van der Waals surface area (Å²) in [5.74, 6) is -0.384. The molecule has 0 aromatic heterocycles. The fourth-order valence-electron chi connectivity index (χ4n) is 0.789. The summed E-state index contributed by atoms with van der Waals surface area (Å²) in [7, 11) is 0. The lowest BCUT2D eigenvalue weighted by atomic mass is 10.2. The Hall–Kier alpha value is -1.58. The first-order chi connectivity index (χ1) is 5.66. The van der Waals surface area contributed by atoms with Crippen LogP contribution in [0.25, 0.3) is 0 Å². The second kappa shape index (κ2) is 2.57. The van der Waals surface area contributed by atoms with E-state index in [1.807, 2.05) is 0 Å². The van der Waals surface area contributed by atoms with Crippen LogP contribution in [0.4, 0.5) is 5.69 Å². The zero-order chi connectivity index (χ0) is 9.14. The van der Waals surface area contributed by atoms with E-state index in [0.29, 0.717) is 0 Å². The number of phenolic OH excluding ortho intramolecular Hbond substituents is 1. The largest absolute Gasteiger partial charge is 0.502 e. The molecule has 1 aromatic carbocycles. The molecule has 0 amide bonds. The lowest BCUT2D eigenvalue weighted by Gasteiger charge is -1.97. The summed E-state index contributed by atoms with van der Waals surface area (Å²) in [6.07, 6.45) is 0. The number of hydrogen-bond acceptors (Lipinski definition) is 3. The summed E-state index contributed by atoms with van der Waals surface area (Å²) >= 11 is 0. The maximum Gasteiger partial charge on any atom is 0.313 e. The predicted molar refractivity (Wildman–Crippen MR) is 39.5 cm³/mol. The Kier molecular flexibility index (Phi) is 1.44. The van der Waals surface area contributed by atoms with E-state index in [-0.39, 0.29) is 23.9 Å². The van der Waals surface area contributed by atoms with E-state index in [4.69, 9.17) is 6.48 Å².